The molecular weight excluding hydrogens is 266 g/mol. The summed E-state index contributed by atoms with van der Waals surface area (Å²) in [6.07, 6.45) is 5.53. The molecule has 1 saturated carbocycles. The van der Waals surface area contributed by atoms with Gasteiger partial charge >= 0.3 is 0 Å². The van der Waals surface area contributed by atoms with Crippen molar-refractivity contribution in [1.82, 2.24) is 0 Å². The van der Waals surface area contributed by atoms with Crippen LogP contribution in [-0.4, -0.2) is 32.0 Å². The highest BCUT2D eigenvalue weighted by molar-refractivity contribution is 5.44. The molecule has 2 rings (SSSR count). The van der Waals surface area contributed by atoms with Gasteiger partial charge in [0.2, 0.25) is 0 Å². The quantitative estimate of drug-likeness (QED) is 0.846. The van der Waals surface area contributed by atoms with Crippen LogP contribution < -0.4 is 15.2 Å². The largest absolute Gasteiger partial charge is 0.493 e. The molecule has 0 aromatic heterocycles. The minimum absolute atomic E-state index is 0.0482. The molecule has 2 unspecified atom stereocenters. The monoisotopic (exact) mass is 293 g/mol. The van der Waals surface area contributed by atoms with Crippen LogP contribution in [0.25, 0.3) is 0 Å². The Hall–Kier alpha value is -1.26. The SMILES string of the molecule is COc1ccc(C(CN)C(O)C2CCCCC2)cc1OC. The number of rotatable bonds is 6. The van der Waals surface area contributed by atoms with Gasteiger partial charge in [-0.05, 0) is 36.5 Å². The first-order valence-electron chi connectivity index (χ1n) is 7.81. The number of hydrogen-bond acceptors (Lipinski definition) is 4. The molecule has 1 fully saturated rings. The van der Waals surface area contributed by atoms with Gasteiger partial charge in [-0.25, -0.2) is 0 Å². The lowest BCUT2D eigenvalue weighted by atomic mass is 9.78. The minimum atomic E-state index is -0.381. The predicted octanol–water partition coefficient (Wildman–Crippen LogP) is 2.69. The summed E-state index contributed by atoms with van der Waals surface area (Å²) < 4.78 is 10.6. The van der Waals surface area contributed by atoms with Gasteiger partial charge < -0.3 is 20.3 Å². The average Bonchev–Trinajstić information content (AvgIpc) is 2.56. The van der Waals surface area contributed by atoms with Crippen molar-refractivity contribution >= 4 is 0 Å². The summed E-state index contributed by atoms with van der Waals surface area (Å²) >= 11 is 0. The summed E-state index contributed by atoms with van der Waals surface area (Å²) in [5, 5.41) is 10.7. The fraction of sp³-hybridized carbons (Fsp3) is 0.647. The molecule has 0 radical (unpaired) electrons. The molecule has 0 heterocycles. The van der Waals surface area contributed by atoms with Gasteiger partial charge in [0.05, 0.1) is 20.3 Å². The molecule has 1 aromatic carbocycles. The van der Waals surface area contributed by atoms with E-state index in [4.69, 9.17) is 15.2 Å². The Kier molecular flexibility index (Phi) is 5.88. The van der Waals surface area contributed by atoms with Crippen LogP contribution in [0.3, 0.4) is 0 Å². The van der Waals surface area contributed by atoms with E-state index in [1.165, 1.54) is 19.3 Å². The normalized spacial score (nSPS) is 19.0. The number of methoxy groups -OCH3 is 2. The lowest BCUT2D eigenvalue weighted by molar-refractivity contribution is 0.0623. The van der Waals surface area contributed by atoms with Crippen LogP contribution in [-0.2, 0) is 0 Å². The molecule has 0 saturated heterocycles. The summed E-state index contributed by atoms with van der Waals surface area (Å²) in [6.45, 7) is 0.438. The zero-order valence-corrected chi connectivity index (χ0v) is 13.0. The van der Waals surface area contributed by atoms with Crippen molar-refractivity contribution in [3.8, 4) is 11.5 Å². The van der Waals surface area contributed by atoms with E-state index in [-0.39, 0.29) is 12.0 Å². The molecule has 3 N–H and O–H groups in total. The second-order valence-corrected chi connectivity index (χ2v) is 5.85. The third-order valence-electron chi connectivity index (χ3n) is 4.63. The number of ether oxygens (including phenoxy) is 2. The van der Waals surface area contributed by atoms with Gasteiger partial charge in [0, 0.05) is 12.5 Å². The lowest BCUT2D eigenvalue weighted by Gasteiger charge is -2.32. The number of benzene rings is 1. The van der Waals surface area contributed by atoms with Crippen molar-refractivity contribution in [3.63, 3.8) is 0 Å². The molecule has 0 aliphatic heterocycles. The summed E-state index contributed by atoms with van der Waals surface area (Å²) in [6, 6.07) is 5.79. The molecule has 4 heteroatoms. The number of aliphatic hydroxyl groups is 1. The fourth-order valence-electron chi connectivity index (χ4n) is 3.36. The molecule has 1 aliphatic rings. The summed E-state index contributed by atoms with van der Waals surface area (Å²) in [5.41, 5.74) is 6.96. The Morgan fingerprint density at radius 3 is 2.38 bits per heavy atom. The lowest BCUT2D eigenvalue weighted by Crippen LogP contribution is -2.33. The predicted molar refractivity (Wildman–Crippen MR) is 83.9 cm³/mol. The van der Waals surface area contributed by atoms with Gasteiger partial charge in [-0.1, -0.05) is 25.3 Å². The van der Waals surface area contributed by atoms with Gasteiger partial charge in [0.1, 0.15) is 0 Å². The van der Waals surface area contributed by atoms with Gasteiger partial charge in [0.15, 0.2) is 11.5 Å². The van der Waals surface area contributed by atoms with Crippen LogP contribution in [0, 0.1) is 5.92 Å². The molecule has 1 aromatic rings. The molecule has 0 spiro atoms. The highest BCUT2D eigenvalue weighted by Crippen LogP contribution is 2.36. The van der Waals surface area contributed by atoms with Gasteiger partial charge in [0.25, 0.3) is 0 Å². The van der Waals surface area contributed by atoms with E-state index in [0.29, 0.717) is 24.0 Å². The van der Waals surface area contributed by atoms with Crippen LogP contribution >= 0.6 is 0 Å². The maximum Gasteiger partial charge on any atom is 0.160 e. The maximum atomic E-state index is 10.7. The van der Waals surface area contributed by atoms with Crippen LogP contribution in [0.2, 0.25) is 0 Å². The van der Waals surface area contributed by atoms with E-state index >= 15 is 0 Å². The van der Waals surface area contributed by atoms with E-state index in [2.05, 4.69) is 0 Å². The van der Waals surface area contributed by atoms with Crippen LogP contribution in [0.5, 0.6) is 11.5 Å². The minimum Gasteiger partial charge on any atom is -0.493 e. The van der Waals surface area contributed by atoms with E-state index in [9.17, 15) is 5.11 Å². The van der Waals surface area contributed by atoms with Gasteiger partial charge in [-0.2, -0.15) is 0 Å². The first-order chi connectivity index (χ1) is 10.2. The number of hydrogen-bond donors (Lipinski definition) is 2. The standard InChI is InChI=1S/C17H27NO3/c1-20-15-9-8-13(10-16(15)21-2)14(11-18)17(19)12-6-4-3-5-7-12/h8-10,12,14,17,19H,3-7,11,18H2,1-2H3. The first-order valence-corrected chi connectivity index (χ1v) is 7.81. The Bertz CT molecular complexity index is 444. The van der Waals surface area contributed by atoms with E-state index < -0.39 is 0 Å². The molecular formula is C17H27NO3. The molecule has 118 valence electrons. The van der Waals surface area contributed by atoms with Crippen molar-refractivity contribution in [3.05, 3.63) is 23.8 Å². The van der Waals surface area contributed by atoms with Crippen molar-refractivity contribution in [1.29, 1.82) is 0 Å². The third kappa shape index (κ3) is 3.69. The summed E-state index contributed by atoms with van der Waals surface area (Å²) in [4.78, 5) is 0. The van der Waals surface area contributed by atoms with Gasteiger partial charge in [-0.15, -0.1) is 0 Å². The molecule has 1 aliphatic carbocycles. The molecule has 0 bridgehead atoms. The van der Waals surface area contributed by atoms with Crippen molar-refractivity contribution < 1.29 is 14.6 Å². The summed E-state index contributed by atoms with van der Waals surface area (Å²) in [5.74, 6) is 1.70. The van der Waals surface area contributed by atoms with E-state index in [0.717, 1.165) is 18.4 Å². The molecule has 2 atom stereocenters. The topological polar surface area (TPSA) is 64.7 Å². The van der Waals surface area contributed by atoms with Crippen molar-refractivity contribution in [2.75, 3.05) is 20.8 Å². The van der Waals surface area contributed by atoms with Crippen LogP contribution in [0.1, 0.15) is 43.6 Å². The Balaban J connectivity index is 2.19. The Morgan fingerprint density at radius 1 is 1.14 bits per heavy atom. The first kappa shape index (κ1) is 16.1. The smallest absolute Gasteiger partial charge is 0.160 e. The van der Waals surface area contributed by atoms with Gasteiger partial charge in [-0.3, -0.25) is 0 Å². The van der Waals surface area contributed by atoms with Crippen molar-refractivity contribution in [2.24, 2.45) is 11.7 Å². The number of aliphatic hydroxyl groups excluding tert-OH is 1. The Labute approximate surface area is 127 Å². The maximum absolute atomic E-state index is 10.7. The zero-order valence-electron chi connectivity index (χ0n) is 13.0. The van der Waals surface area contributed by atoms with Crippen LogP contribution in [0.4, 0.5) is 0 Å². The highest BCUT2D eigenvalue weighted by atomic mass is 16.5. The molecule has 4 nitrogen and oxygen atoms in total. The molecule has 0 amide bonds. The second-order valence-electron chi connectivity index (χ2n) is 5.85. The van der Waals surface area contributed by atoms with E-state index in [1.54, 1.807) is 14.2 Å². The zero-order chi connectivity index (χ0) is 15.2. The number of nitrogens with two attached hydrogens (primary N) is 1. The van der Waals surface area contributed by atoms with Crippen LogP contribution in [0.15, 0.2) is 18.2 Å². The third-order valence-corrected chi connectivity index (χ3v) is 4.63. The Morgan fingerprint density at radius 2 is 1.81 bits per heavy atom. The summed E-state index contributed by atoms with van der Waals surface area (Å²) in [7, 11) is 3.24. The average molecular weight is 293 g/mol. The molecule has 21 heavy (non-hydrogen) atoms. The van der Waals surface area contributed by atoms with Crippen molar-refractivity contribution in [2.45, 2.75) is 44.1 Å². The highest BCUT2D eigenvalue weighted by Gasteiger charge is 2.29. The van der Waals surface area contributed by atoms with E-state index in [1.807, 2.05) is 18.2 Å². The second kappa shape index (κ2) is 7.66. The fourth-order valence-corrected chi connectivity index (χ4v) is 3.36.